The lowest BCUT2D eigenvalue weighted by Gasteiger charge is -2.13. The second kappa shape index (κ2) is 4.41. The number of nitrogens with one attached hydrogen (secondary N) is 1. The van der Waals surface area contributed by atoms with Gasteiger partial charge in [0.1, 0.15) is 6.54 Å². The van der Waals surface area contributed by atoms with Crippen molar-refractivity contribution in [1.82, 2.24) is 9.88 Å². The first-order valence-electron chi connectivity index (χ1n) is 5.52. The van der Waals surface area contributed by atoms with Gasteiger partial charge < -0.3 is 5.32 Å². The Labute approximate surface area is 98.3 Å². The van der Waals surface area contributed by atoms with E-state index in [9.17, 15) is 9.59 Å². The number of aromatic nitrogens is 1. The minimum atomic E-state index is -0.0667. The summed E-state index contributed by atoms with van der Waals surface area (Å²) in [7, 11) is 0. The molecule has 1 aromatic heterocycles. The van der Waals surface area contributed by atoms with Crippen LogP contribution in [0.15, 0.2) is 10.2 Å². The van der Waals surface area contributed by atoms with Gasteiger partial charge in [-0.25, -0.2) is 0 Å². The summed E-state index contributed by atoms with van der Waals surface area (Å²) >= 11 is 1.14. The maximum absolute atomic E-state index is 11.7. The van der Waals surface area contributed by atoms with Gasteiger partial charge in [0, 0.05) is 17.1 Å². The summed E-state index contributed by atoms with van der Waals surface area (Å²) < 4.78 is 1.51. The van der Waals surface area contributed by atoms with Crippen molar-refractivity contribution in [2.24, 2.45) is 5.92 Å². The zero-order valence-corrected chi connectivity index (χ0v) is 10.3. The van der Waals surface area contributed by atoms with Crippen molar-refractivity contribution in [3.05, 3.63) is 20.7 Å². The summed E-state index contributed by atoms with van der Waals surface area (Å²) in [6, 6.07) is 0.238. The van der Waals surface area contributed by atoms with Gasteiger partial charge in [-0.1, -0.05) is 11.3 Å². The normalized spacial score (nSPS) is 17.1. The van der Waals surface area contributed by atoms with E-state index in [0.29, 0.717) is 5.92 Å². The zero-order chi connectivity index (χ0) is 11.7. The molecule has 0 saturated heterocycles. The van der Waals surface area contributed by atoms with E-state index in [0.717, 1.165) is 17.0 Å². The molecule has 1 aromatic rings. The molecule has 1 aliphatic rings. The highest BCUT2D eigenvalue weighted by atomic mass is 32.1. The van der Waals surface area contributed by atoms with Gasteiger partial charge in [0.2, 0.25) is 5.91 Å². The molecular weight excluding hydrogens is 224 g/mol. The van der Waals surface area contributed by atoms with Crippen molar-refractivity contribution in [2.45, 2.75) is 39.3 Å². The Hall–Kier alpha value is -1.10. The molecule has 1 aliphatic carbocycles. The quantitative estimate of drug-likeness (QED) is 0.858. The molecule has 1 fully saturated rings. The summed E-state index contributed by atoms with van der Waals surface area (Å²) in [6.07, 6.45) is 2.41. The standard InChI is InChI=1S/C11H16N2O2S/c1-7-6-16-11(15)13(7)5-10(14)12-8(2)9-3-4-9/h6,8-9H,3-5H2,1-2H3,(H,12,14)/t8-/m1/s1. The average molecular weight is 240 g/mol. The average Bonchev–Trinajstić information content (AvgIpc) is 3.01. The first-order valence-corrected chi connectivity index (χ1v) is 6.40. The summed E-state index contributed by atoms with van der Waals surface area (Å²) in [6.45, 7) is 4.01. The molecule has 2 rings (SSSR count). The molecule has 1 atom stereocenters. The SMILES string of the molecule is Cc1csc(=O)n1CC(=O)N[C@H](C)C1CC1. The summed E-state index contributed by atoms with van der Waals surface area (Å²) in [4.78, 5) is 23.0. The van der Waals surface area contributed by atoms with Crippen LogP contribution < -0.4 is 10.2 Å². The lowest BCUT2D eigenvalue weighted by atomic mass is 10.2. The zero-order valence-electron chi connectivity index (χ0n) is 9.53. The van der Waals surface area contributed by atoms with Crippen molar-refractivity contribution in [3.63, 3.8) is 0 Å². The third kappa shape index (κ3) is 2.52. The smallest absolute Gasteiger partial charge is 0.307 e. The Morgan fingerprint density at radius 2 is 2.38 bits per heavy atom. The first-order chi connectivity index (χ1) is 7.58. The number of thiazole rings is 1. The van der Waals surface area contributed by atoms with Gasteiger partial charge in [-0.2, -0.15) is 0 Å². The van der Waals surface area contributed by atoms with Gasteiger partial charge in [0.15, 0.2) is 0 Å². The number of hydrogen-bond donors (Lipinski definition) is 1. The monoisotopic (exact) mass is 240 g/mol. The van der Waals surface area contributed by atoms with Gasteiger partial charge in [0.05, 0.1) is 0 Å². The molecule has 1 saturated carbocycles. The molecule has 1 heterocycles. The fourth-order valence-corrected chi connectivity index (χ4v) is 2.49. The third-order valence-corrected chi connectivity index (χ3v) is 3.88. The molecule has 0 spiro atoms. The van der Waals surface area contributed by atoms with Crippen LogP contribution in [-0.4, -0.2) is 16.5 Å². The Bertz CT molecular complexity index is 445. The largest absolute Gasteiger partial charge is 0.352 e. The van der Waals surface area contributed by atoms with Crippen LogP contribution in [0.4, 0.5) is 0 Å². The van der Waals surface area contributed by atoms with Crippen molar-refractivity contribution in [2.75, 3.05) is 0 Å². The van der Waals surface area contributed by atoms with E-state index in [1.165, 1.54) is 17.4 Å². The minimum absolute atomic E-state index is 0.0632. The molecule has 88 valence electrons. The highest BCUT2D eigenvalue weighted by Crippen LogP contribution is 2.32. The maximum Gasteiger partial charge on any atom is 0.307 e. The third-order valence-electron chi connectivity index (χ3n) is 3.00. The number of hydrogen-bond acceptors (Lipinski definition) is 3. The molecule has 4 nitrogen and oxygen atoms in total. The molecule has 5 heteroatoms. The van der Waals surface area contributed by atoms with E-state index in [4.69, 9.17) is 0 Å². The van der Waals surface area contributed by atoms with E-state index in [2.05, 4.69) is 5.32 Å². The van der Waals surface area contributed by atoms with Crippen molar-refractivity contribution >= 4 is 17.2 Å². The van der Waals surface area contributed by atoms with Crippen LogP contribution in [0.25, 0.3) is 0 Å². The number of carbonyl (C=O) groups is 1. The fraction of sp³-hybridized carbons (Fsp3) is 0.636. The molecule has 0 radical (unpaired) electrons. The Morgan fingerprint density at radius 1 is 1.69 bits per heavy atom. The van der Waals surface area contributed by atoms with Gasteiger partial charge >= 0.3 is 4.87 Å². The van der Waals surface area contributed by atoms with E-state index in [1.54, 1.807) is 5.38 Å². The van der Waals surface area contributed by atoms with Gasteiger partial charge in [-0.3, -0.25) is 14.2 Å². The number of rotatable bonds is 4. The van der Waals surface area contributed by atoms with Gasteiger partial charge in [-0.15, -0.1) is 0 Å². The molecule has 1 N–H and O–H groups in total. The van der Waals surface area contributed by atoms with Crippen LogP contribution in [-0.2, 0) is 11.3 Å². The van der Waals surface area contributed by atoms with E-state index in [1.807, 2.05) is 13.8 Å². The number of amides is 1. The number of aryl methyl sites for hydroxylation is 1. The predicted molar refractivity (Wildman–Crippen MR) is 63.6 cm³/mol. The van der Waals surface area contributed by atoms with Crippen molar-refractivity contribution in [3.8, 4) is 0 Å². The molecule has 0 unspecified atom stereocenters. The van der Waals surface area contributed by atoms with Crippen LogP contribution in [0, 0.1) is 12.8 Å². The maximum atomic E-state index is 11.7. The number of nitrogens with zero attached hydrogens (tertiary/aromatic N) is 1. The summed E-state index contributed by atoms with van der Waals surface area (Å²) in [5.41, 5.74) is 0.851. The highest BCUT2D eigenvalue weighted by Gasteiger charge is 2.28. The van der Waals surface area contributed by atoms with E-state index < -0.39 is 0 Å². The molecule has 0 aliphatic heterocycles. The summed E-state index contributed by atoms with van der Waals surface area (Å²) in [5, 5.41) is 4.72. The van der Waals surface area contributed by atoms with Crippen LogP contribution in [0.1, 0.15) is 25.5 Å². The first kappa shape index (κ1) is 11.4. The van der Waals surface area contributed by atoms with Crippen molar-refractivity contribution < 1.29 is 4.79 Å². The van der Waals surface area contributed by atoms with E-state index >= 15 is 0 Å². The second-order valence-electron chi connectivity index (χ2n) is 4.42. The van der Waals surface area contributed by atoms with Gasteiger partial charge in [-0.05, 0) is 32.6 Å². The molecular formula is C11H16N2O2S. The van der Waals surface area contributed by atoms with Crippen LogP contribution in [0.3, 0.4) is 0 Å². The minimum Gasteiger partial charge on any atom is -0.352 e. The van der Waals surface area contributed by atoms with Crippen LogP contribution >= 0.6 is 11.3 Å². The molecule has 16 heavy (non-hydrogen) atoms. The number of carbonyl (C=O) groups excluding carboxylic acids is 1. The van der Waals surface area contributed by atoms with Crippen LogP contribution in [0.5, 0.6) is 0 Å². The lowest BCUT2D eigenvalue weighted by Crippen LogP contribution is -2.37. The Kier molecular flexibility index (Phi) is 3.14. The second-order valence-corrected chi connectivity index (χ2v) is 5.24. The Balaban J connectivity index is 1.94. The molecule has 1 amide bonds. The molecule has 0 bridgehead atoms. The topological polar surface area (TPSA) is 51.1 Å². The highest BCUT2D eigenvalue weighted by molar-refractivity contribution is 7.07. The van der Waals surface area contributed by atoms with E-state index in [-0.39, 0.29) is 23.4 Å². The Morgan fingerprint density at radius 3 is 2.88 bits per heavy atom. The van der Waals surface area contributed by atoms with Crippen LogP contribution in [0.2, 0.25) is 0 Å². The van der Waals surface area contributed by atoms with Gasteiger partial charge in [0.25, 0.3) is 0 Å². The lowest BCUT2D eigenvalue weighted by molar-refractivity contribution is -0.122. The predicted octanol–water partition coefficient (Wildman–Crippen LogP) is 1.13. The van der Waals surface area contributed by atoms with Crippen molar-refractivity contribution in [1.29, 1.82) is 0 Å². The fourth-order valence-electron chi connectivity index (χ4n) is 1.75. The molecule has 0 aromatic carbocycles. The summed E-state index contributed by atoms with van der Waals surface area (Å²) in [5.74, 6) is 0.576.